The molecule has 1 N–H and O–H groups in total. The van der Waals surface area contributed by atoms with Gasteiger partial charge in [0.1, 0.15) is 11.8 Å². The third-order valence-corrected chi connectivity index (χ3v) is 3.20. The van der Waals surface area contributed by atoms with Crippen molar-refractivity contribution < 1.29 is 38.9 Å². The second-order valence-corrected chi connectivity index (χ2v) is 5.64. The summed E-state index contributed by atoms with van der Waals surface area (Å²) in [5, 5.41) is 22.6. The molecule has 0 heterocycles. The van der Waals surface area contributed by atoms with Gasteiger partial charge >= 0.3 is 5.97 Å². The average Bonchev–Trinajstić information content (AvgIpc) is 2.44. The predicted molar refractivity (Wildman–Crippen MR) is 81.4 cm³/mol. The van der Waals surface area contributed by atoms with Crippen molar-refractivity contribution in [1.82, 2.24) is 5.32 Å². The van der Waals surface area contributed by atoms with Gasteiger partial charge in [0.05, 0.1) is 7.11 Å². The van der Waals surface area contributed by atoms with Gasteiger partial charge in [-0.1, -0.05) is 0 Å². The molecule has 0 aromatic heterocycles. The topological polar surface area (TPSA) is 153 Å². The molecule has 0 spiro atoms. The van der Waals surface area contributed by atoms with Crippen molar-refractivity contribution in [2.45, 2.75) is 32.7 Å². The number of rotatable bonds is 9. The zero-order chi connectivity index (χ0) is 19.3. The first-order valence-electron chi connectivity index (χ1n) is 6.79. The van der Waals surface area contributed by atoms with Gasteiger partial charge in [-0.05, 0) is 13.2 Å². The summed E-state index contributed by atoms with van der Waals surface area (Å²) in [6, 6.07) is -1.17. The normalized spacial score (nSPS) is 12.0. The van der Waals surface area contributed by atoms with Gasteiger partial charge in [0.2, 0.25) is 5.91 Å². The van der Waals surface area contributed by atoms with Gasteiger partial charge in [-0.3, -0.25) is 4.79 Å². The summed E-state index contributed by atoms with van der Waals surface area (Å²) < 4.78 is 4.27. The second-order valence-electron chi connectivity index (χ2n) is 4.73. The van der Waals surface area contributed by atoms with Crippen LogP contribution >= 0.6 is 11.8 Å². The number of hydrogen-bond donors (Lipinski definition) is 1. The smallest absolute Gasteiger partial charge is 0.328 e. The highest BCUT2D eigenvalue weighted by Gasteiger charge is 2.19. The van der Waals surface area contributed by atoms with Crippen LogP contribution in [0.2, 0.25) is 0 Å². The third kappa shape index (κ3) is 13.6. The molecule has 0 rings (SSSR count). The Hall–Kier alpha value is -2.10. The van der Waals surface area contributed by atoms with Crippen LogP contribution in [0, 0.1) is 5.92 Å². The van der Waals surface area contributed by atoms with Crippen molar-refractivity contribution >= 4 is 41.4 Å². The minimum absolute atomic E-state index is 0.0865. The Morgan fingerprint density at radius 1 is 1.08 bits per heavy atom. The molecule has 0 aliphatic carbocycles. The molecule has 0 aliphatic heterocycles. The number of thioether (sulfide) groups is 1. The number of Topliss-reactive ketones (excluding diaryl/α,β-unsaturated/α-hetero) is 1. The van der Waals surface area contributed by atoms with Crippen LogP contribution in [0.25, 0.3) is 0 Å². The molecule has 0 radical (unpaired) electrons. The van der Waals surface area contributed by atoms with E-state index in [1.54, 1.807) is 6.26 Å². The van der Waals surface area contributed by atoms with E-state index in [1.165, 1.54) is 25.6 Å². The maximum absolute atomic E-state index is 10.9. The van der Waals surface area contributed by atoms with Crippen molar-refractivity contribution in [3.63, 3.8) is 0 Å². The van der Waals surface area contributed by atoms with Crippen LogP contribution in [0.3, 0.4) is 0 Å². The number of aliphatic carboxylic acids is 2. The number of carboxylic acids is 2. The van der Waals surface area contributed by atoms with E-state index in [9.17, 15) is 34.2 Å². The molecule has 0 fully saturated rings. The zero-order valence-electron chi connectivity index (χ0n) is 14.0. The van der Waals surface area contributed by atoms with Crippen LogP contribution in [0.4, 0.5) is 0 Å². The highest BCUT2D eigenvalue weighted by molar-refractivity contribution is 7.98. The Bertz CT molecular complexity index is 450. The maximum Gasteiger partial charge on any atom is 0.328 e. The molecule has 0 saturated carbocycles. The van der Waals surface area contributed by atoms with Gasteiger partial charge < -0.3 is 34.7 Å². The Morgan fingerprint density at radius 2 is 1.62 bits per heavy atom. The number of amides is 1. The lowest BCUT2D eigenvalue weighted by Gasteiger charge is -2.15. The SMILES string of the molecule is COC(=O)C(CC(=O)[O-])NC(C)=O.CSCC(CC(C)=O)C(=O)[O-]. The summed E-state index contributed by atoms with van der Waals surface area (Å²) in [4.78, 5) is 52.4. The van der Waals surface area contributed by atoms with Crippen molar-refractivity contribution in [2.75, 3.05) is 19.1 Å². The van der Waals surface area contributed by atoms with E-state index >= 15 is 0 Å². The lowest BCUT2D eigenvalue weighted by Crippen LogP contribution is -2.44. The first kappa shape index (κ1) is 24.2. The number of ketones is 1. The first-order chi connectivity index (χ1) is 11.0. The average molecular weight is 363 g/mol. The van der Waals surface area contributed by atoms with Crippen molar-refractivity contribution in [2.24, 2.45) is 5.92 Å². The number of methoxy groups -OCH3 is 1. The molecular formula is C14H21NO8S-2. The van der Waals surface area contributed by atoms with Gasteiger partial charge in [-0.25, -0.2) is 4.79 Å². The van der Waals surface area contributed by atoms with Gasteiger partial charge in [0.15, 0.2) is 0 Å². The number of carbonyl (C=O) groups excluding carboxylic acids is 5. The first-order valence-corrected chi connectivity index (χ1v) is 8.18. The van der Waals surface area contributed by atoms with Crippen LogP contribution in [-0.2, 0) is 28.7 Å². The van der Waals surface area contributed by atoms with Crippen molar-refractivity contribution in [3.8, 4) is 0 Å². The number of hydrogen-bond acceptors (Lipinski definition) is 9. The summed E-state index contributed by atoms with van der Waals surface area (Å²) in [6.07, 6.45) is 1.30. The number of carbonyl (C=O) groups is 5. The summed E-state index contributed by atoms with van der Waals surface area (Å²) >= 11 is 1.41. The molecule has 0 aromatic rings. The highest BCUT2D eigenvalue weighted by Crippen LogP contribution is 2.09. The lowest BCUT2D eigenvalue weighted by molar-refractivity contribution is -0.311. The van der Waals surface area contributed by atoms with E-state index in [-0.39, 0.29) is 12.2 Å². The van der Waals surface area contributed by atoms with Crippen molar-refractivity contribution in [3.05, 3.63) is 0 Å². The molecule has 0 aliphatic rings. The fourth-order valence-corrected chi connectivity index (χ4v) is 2.16. The van der Waals surface area contributed by atoms with Crippen molar-refractivity contribution in [1.29, 1.82) is 0 Å². The third-order valence-electron chi connectivity index (χ3n) is 2.47. The fraction of sp³-hybridized carbons (Fsp3) is 0.643. The van der Waals surface area contributed by atoms with Gasteiger partial charge in [-0.15, -0.1) is 0 Å². The van der Waals surface area contributed by atoms with E-state index in [4.69, 9.17) is 0 Å². The van der Waals surface area contributed by atoms with Crippen LogP contribution < -0.4 is 15.5 Å². The fourth-order valence-electron chi connectivity index (χ4n) is 1.51. The maximum atomic E-state index is 10.9. The largest absolute Gasteiger partial charge is 0.550 e. The predicted octanol–water partition coefficient (Wildman–Crippen LogP) is -2.50. The summed E-state index contributed by atoms with van der Waals surface area (Å²) in [7, 11) is 1.10. The number of esters is 1. The summed E-state index contributed by atoms with van der Waals surface area (Å²) in [5.74, 6) is -4.15. The van der Waals surface area contributed by atoms with Gasteiger partial charge in [-0.2, -0.15) is 11.8 Å². The monoisotopic (exact) mass is 363 g/mol. The quantitative estimate of drug-likeness (QED) is 0.438. The molecule has 24 heavy (non-hydrogen) atoms. The summed E-state index contributed by atoms with van der Waals surface area (Å²) in [6.45, 7) is 2.56. The lowest BCUT2D eigenvalue weighted by atomic mass is 10.1. The molecule has 10 heteroatoms. The van der Waals surface area contributed by atoms with Crippen LogP contribution in [0.1, 0.15) is 26.7 Å². The Kier molecular flexibility index (Phi) is 13.4. The van der Waals surface area contributed by atoms with Gasteiger partial charge in [0, 0.05) is 43.4 Å². The minimum Gasteiger partial charge on any atom is -0.550 e. The molecule has 1 amide bonds. The Morgan fingerprint density at radius 3 is 1.92 bits per heavy atom. The number of carboxylic acid groups (broad SMARTS) is 2. The number of nitrogens with one attached hydrogen (secondary N) is 1. The van der Waals surface area contributed by atoms with Crippen LogP contribution in [0.5, 0.6) is 0 Å². The molecule has 9 nitrogen and oxygen atoms in total. The molecule has 2 unspecified atom stereocenters. The van der Waals surface area contributed by atoms with Gasteiger partial charge in [0.25, 0.3) is 0 Å². The van der Waals surface area contributed by atoms with Crippen LogP contribution in [0.15, 0.2) is 0 Å². The number of ether oxygens (including phenoxy) is 1. The molecule has 138 valence electrons. The van der Waals surface area contributed by atoms with E-state index in [2.05, 4.69) is 10.1 Å². The molecular weight excluding hydrogens is 342 g/mol. The Labute approximate surface area is 144 Å². The minimum atomic E-state index is -1.43. The highest BCUT2D eigenvalue weighted by atomic mass is 32.2. The van der Waals surface area contributed by atoms with E-state index < -0.39 is 42.2 Å². The summed E-state index contributed by atoms with van der Waals surface area (Å²) in [5.41, 5.74) is 0. The molecule has 0 bridgehead atoms. The van der Waals surface area contributed by atoms with E-state index in [0.29, 0.717) is 5.75 Å². The second kappa shape index (κ2) is 13.3. The zero-order valence-corrected chi connectivity index (χ0v) is 14.8. The standard InChI is InChI=1S/C7H11NO5.C7H12O3S/c1-4(9)8-5(3-6(10)11)7(12)13-2;1-5(8)3-6(4-11-2)7(9)10/h5H,3H2,1-2H3,(H,8,9)(H,10,11);6H,3-4H2,1-2H3,(H,9,10)/p-2. The molecule has 0 aromatic carbocycles. The van der Waals surface area contributed by atoms with E-state index in [0.717, 1.165) is 7.11 Å². The molecule has 2 atom stereocenters. The van der Waals surface area contributed by atoms with Crippen LogP contribution in [-0.4, -0.2) is 54.8 Å². The Balaban J connectivity index is 0. The van der Waals surface area contributed by atoms with E-state index in [1.807, 2.05) is 0 Å². The molecule has 0 saturated heterocycles.